The number of nitro benzene ring substituents is 1. The first-order chi connectivity index (χ1) is 17.9. The lowest BCUT2D eigenvalue weighted by Crippen LogP contribution is -2.50. The number of amides is 3. The molecule has 0 aromatic heterocycles. The number of non-ortho nitro benzene ring substituents is 1. The zero-order chi connectivity index (χ0) is 26.6. The van der Waals surface area contributed by atoms with Crippen molar-refractivity contribution >= 4 is 29.1 Å². The Morgan fingerprint density at radius 3 is 2.24 bits per heavy atom. The molecule has 1 heterocycles. The normalized spacial score (nSPS) is 13.6. The molecule has 3 amide bonds. The third-order valence-corrected chi connectivity index (χ3v) is 6.03. The first kappa shape index (κ1) is 27.6. The molecule has 0 bridgehead atoms. The second-order valence-corrected chi connectivity index (χ2v) is 8.73. The number of benzene rings is 2. The highest BCUT2D eigenvalue weighted by molar-refractivity contribution is 6.39. The van der Waals surface area contributed by atoms with Gasteiger partial charge < -0.3 is 20.3 Å². The van der Waals surface area contributed by atoms with Crippen LogP contribution in [0.25, 0.3) is 0 Å². The Labute approximate surface area is 215 Å². The number of anilines is 1. The summed E-state index contributed by atoms with van der Waals surface area (Å²) in [4.78, 5) is 51.0. The van der Waals surface area contributed by atoms with Gasteiger partial charge in [-0.2, -0.15) is 0 Å². The topological polar surface area (TPSA) is 134 Å². The lowest BCUT2D eigenvalue weighted by molar-refractivity contribution is -0.384. The molecule has 1 aliphatic rings. The fourth-order valence-electron chi connectivity index (χ4n) is 3.86. The van der Waals surface area contributed by atoms with Gasteiger partial charge in [0.25, 0.3) is 11.6 Å². The number of nitrogens with zero attached hydrogens (tertiary/aromatic N) is 3. The van der Waals surface area contributed by atoms with E-state index in [0.29, 0.717) is 62.9 Å². The number of piperazine rings is 1. The van der Waals surface area contributed by atoms with Crippen LogP contribution in [0.4, 0.5) is 11.4 Å². The summed E-state index contributed by atoms with van der Waals surface area (Å²) >= 11 is 0. The van der Waals surface area contributed by atoms with Crippen LogP contribution in [0.15, 0.2) is 48.5 Å². The number of rotatable bonds is 11. The second kappa shape index (κ2) is 13.9. The number of ether oxygens (including phenoxy) is 1. The van der Waals surface area contributed by atoms with Gasteiger partial charge in [-0.3, -0.25) is 29.4 Å². The van der Waals surface area contributed by atoms with Crippen LogP contribution in [-0.2, 0) is 9.59 Å². The molecule has 0 atom stereocenters. The molecule has 3 rings (SSSR count). The van der Waals surface area contributed by atoms with Crippen LogP contribution in [-0.4, -0.2) is 78.3 Å². The molecule has 2 aromatic rings. The van der Waals surface area contributed by atoms with Crippen molar-refractivity contribution in [1.29, 1.82) is 0 Å². The largest absolute Gasteiger partial charge is 0.494 e. The van der Waals surface area contributed by atoms with E-state index in [-0.39, 0.29) is 11.6 Å². The number of carbonyl (C=O) groups excluding carboxylic acids is 3. The van der Waals surface area contributed by atoms with Crippen LogP contribution in [0.5, 0.6) is 5.75 Å². The third-order valence-electron chi connectivity index (χ3n) is 6.03. The fourth-order valence-corrected chi connectivity index (χ4v) is 3.86. The Bertz CT molecular complexity index is 1070. The van der Waals surface area contributed by atoms with Crippen molar-refractivity contribution < 1.29 is 24.0 Å². The molecule has 11 heteroatoms. The van der Waals surface area contributed by atoms with Gasteiger partial charge >= 0.3 is 11.8 Å². The predicted molar refractivity (Wildman–Crippen MR) is 139 cm³/mol. The van der Waals surface area contributed by atoms with Gasteiger partial charge in [0.2, 0.25) is 0 Å². The lowest BCUT2D eigenvalue weighted by Gasteiger charge is -2.34. The maximum atomic E-state index is 12.6. The minimum Gasteiger partial charge on any atom is -0.494 e. The summed E-state index contributed by atoms with van der Waals surface area (Å²) in [7, 11) is 0. The molecule has 0 radical (unpaired) electrons. The van der Waals surface area contributed by atoms with E-state index in [1.807, 2.05) is 0 Å². The molecule has 11 nitrogen and oxygen atoms in total. The molecular formula is C26H33N5O6. The average molecular weight is 512 g/mol. The van der Waals surface area contributed by atoms with Crippen LogP contribution in [0.2, 0.25) is 0 Å². The monoisotopic (exact) mass is 511 g/mol. The number of hydrogen-bond donors (Lipinski definition) is 2. The highest BCUT2D eigenvalue weighted by Crippen LogP contribution is 2.17. The number of nitro groups is 1. The minimum atomic E-state index is -0.741. The summed E-state index contributed by atoms with van der Waals surface area (Å²) in [5.74, 6) is -0.911. The molecule has 37 heavy (non-hydrogen) atoms. The van der Waals surface area contributed by atoms with Crippen molar-refractivity contribution in [3.05, 3.63) is 64.2 Å². The predicted octanol–water partition coefficient (Wildman–Crippen LogP) is 2.68. The maximum Gasteiger partial charge on any atom is 0.313 e. The van der Waals surface area contributed by atoms with E-state index >= 15 is 0 Å². The minimum absolute atomic E-state index is 0.0576. The molecule has 0 spiro atoms. The van der Waals surface area contributed by atoms with E-state index in [1.165, 1.54) is 24.3 Å². The van der Waals surface area contributed by atoms with Crippen LogP contribution >= 0.6 is 0 Å². The molecule has 0 aliphatic carbocycles. The fraction of sp³-hybridized carbons (Fsp3) is 0.423. The van der Waals surface area contributed by atoms with Gasteiger partial charge in [0.15, 0.2) is 0 Å². The van der Waals surface area contributed by atoms with E-state index in [2.05, 4.69) is 22.5 Å². The van der Waals surface area contributed by atoms with E-state index < -0.39 is 16.7 Å². The molecule has 0 unspecified atom stereocenters. The van der Waals surface area contributed by atoms with Crippen LogP contribution in [0.3, 0.4) is 0 Å². The number of hydrogen-bond acceptors (Lipinski definition) is 7. The van der Waals surface area contributed by atoms with Gasteiger partial charge in [-0.1, -0.05) is 19.8 Å². The Morgan fingerprint density at radius 2 is 1.62 bits per heavy atom. The smallest absolute Gasteiger partial charge is 0.313 e. The third kappa shape index (κ3) is 8.57. The van der Waals surface area contributed by atoms with Gasteiger partial charge in [-0.25, -0.2) is 0 Å². The molecular weight excluding hydrogens is 478 g/mol. The van der Waals surface area contributed by atoms with Crippen molar-refractivity contribution in [1.82, 2.24) is 15.1 Å². The molecule has 1 aliphatic heterocycles. The van der Waals surface area contributed by atoms with Crippen molar-refractivity contribution in [2.45, 2.75) is 26.2 Å². The summed E-state index contributed by atoms with van der Waals surface area (Å²) < 4.78 is 5.64. The second-order valence-electron chi connectivity index (χ2n) is 8.73. The average Bonchev–Trinajstić information content (AvgIpc) is 2.92. The quantitative estimate of drug-likeness (QED) is 0.205. The molecule has 0 saturated carbocycles. The van der Waals surface area contributed by atoms with Gasteiger partial charge in [-0.15, -0.1) is 0 Å². The van der Waals surface area contributed by atoms with Gasteiger partial charge in [0, 0.05) is 62.7 Å². The number of nitrogens with one attached hydrogen (secondary N) is 2. The van der Waals surface area contributed by atoms with Crippen molar-refractivity contribution in [3.8, 4) is 5.75 Å². The molecule has 2 aromatic carbocycles. The maximum absolute atomic E-state index is 12.6. The van der Waals surface area contributed by atoms with E-state index in [9.17, 15) is 24.5 Å². The van der Waals surface area contributed by atoms with Crippen LogP contribution < -0.4 is 15.4 Å². The molecule has 198 valence electrons. The van der Waals surface area contributed by atoms with E-state index in [1.54, 1.807) is 29.2 Å². The Hall–Kier alpha value is -3.99. The highest BCUT2D eigenvalue weighted by atomic mass is 16.6. The molecule has 1 fully saturated rings. The summed E-state index contributed by atoms with van der Waals surface area (Å²) in [6, 6.07) is 12.5. The van der Waals surface area contributed by atoms with Crippen molar-refractivity contribution in [2.75, 3.05) is 51.2 Å². The molecule has 2 N–H and O–H groups in total. The Kier molecular flexibility index (Phi) is 10.4. The molecule has 1 saturated heterocycles. The summed E-state index contributed by atoms with van der Waals surface area (Å²) in [5, 5.41) is 16.0. The van der Waals surface area contributed by atoms with E-state index in [0.717, 1.165) is 19.3 Å². The highest BCUT2D eigenvalue weighted by Gasteiger charge is 2.23. The lowest BCUT2D eigenvalue weighted by atomic mass is 10.1. The zero-order valence-corrected chi connectivity index (χ0v) is 21.0. The van der Waals surface area contributed by atoms with Gasteiger partial charge in [0.1, 0.15) is 5.75 Å². The van der Waals surface area contributed by atoms with Crippen molar-refractivity contribution in [3.63, 3.8) is 0 Å². The summed E-state index contributed by atoms with van der Waals surface area (Å²) in [6.07, 6.45) is 3.23. The summed E-state index contributed by atoms with van der Waals surface area (Å²) in [5.41, 5.74) is 0.860. The Balaban J connectivity index is 1.33. The number of unbranched alkanes of at least 4 members (excludes halogenated alkanes) is 2. The van der Waals surface area contributed by atoms with Gasteiger partial charge in [0.05, 0.1) is 11.5 Å². The SMILES string of the molecule is CCCCCOc1ccc(NC(=O)C(=O)NCCN2CCN(C(=O)c3ccc([N+](=O)[O-])cc3)CC2)cc1. The van der Waals surface area contributed by atoms with Crippen LogP contribution in [0.1, 0.15) is 36.5 Å². The van der Waals surface area contributed by atoms with Crippen molar-refractivity contribution in [2.24, 2.45) is 0 Å². The first-order valence-corrected chi connectivity index (χ1v) is 12.5. The number of carbonyl (C=O) groups is 3. The van der Waals surface area contributed by atoms with Crippen LogP contribution in [0, 0.1) is 10.1 Å². The Morgan fingerprint density at radius 1 is 0.946 bits per heavy atom. The van der Waals surface area contributed by atoms with Gasteiger partial charge in [-0.05, 0) is 42.8 Å². The first-order valence-electron chi connectivity index (χ1n) is 12.5. The summed E-state index contributed by atoms with van der Waals surface area (Å²) in [6.45, 7) is 5.86. The zero-order valence-electron chi connectivity index (χ0n) is 21.0. The standard InChI is InChI=1S/C26H33N5O6/c1-2-3-4-19-37-23-11-7-21(8-12-23)28-25(33)24(32)27-13-14-29-15-17-30(18-16-29)26(34)20-5-9-22(10-6-20)31(35)36/h5-12H,2-4,13-19H2,1H3,(H,27,32)(H,28,33). The van der Waals surface area contributed by atoms with E-state index in [4.69, 9.17) is 4.74 Å².